The average molecular weight is 493 g/mol. The lowest BCUT2D eigenvalue weighted by Gasteiger charge is -2.33. The fourth-order valence-electron chi connectivity index (χ4n) is 4.51. The maximum Gasteiger partial charge on any atom is 0.252 e. The van der Waals surface area contributed by atoms with E-state index in [4.69, 9.17) is 11.6 Å². The van der Waals surface area contributed by atoms with Crippen LogP contribution in [0, 0.1) is 6.92 Å². The Morgan fingerprint density at radius 3 is 2.54 bits per heavy atom. The van der Waals surface area contributed by atoms with Gasteiger partial charge in [0.15, 0.2) is 5.82 Å². The van der Waals surface area contributed by atoms with E-state index >= 15 is 0 Å². The Hall–Kier alpha value is -3.03. The molecular formula is C27H33ClN6O. The molecule has 2 heterocycles. The quantitative estimate of drug-likeness (QED) is 0.337. The monoisotopic (exact) mass is 492 g/mol. The van der Waals surface area contributed by atoms with Crippen molar-refractivity contribution in [2.45, 2.75) is 72.1 Å². The summed E-state index contributed by atoms with van der Waals surface area (Å²) in [5.41, 5.74) is 3.26. The van der Waals surface area contributed by atoms with E-state index in [0.717, 1.165) is 40.7 Å². The number of nitrogens with zero attached hydrogens (tertiary/aromatic N) is 5. The number of aryl methyl sites for hydroxylation is 1. The van der Waals surface area contributed by atoms with Crippen LogP contribution in [0.1, 0.15) is 69.1 Å². The molecule has 2 aromatic carbocycles. The highest BCUT2D eigenvalue weighted by atomic mass is 35.5. The van der Waals surface area contributed by atoms with E-state index in [1.165, 1.54) is 0 Å². The largest absolute Gasteiger partial charge is 0.321 e. The Kier molecular flexibility index (Phi) is 7.38. The molecule has 0 aliphatic heterocycles. The van der Waals surface area contributed by atoms with Crippen molar-refractivity contribution in [2.75, 3.05) is 0 Å². The summed E-state index contributed by atoms with van der Waals surface area (Å²) in [6.07, 6.45) is 1.78. The first-order valence-electron chi connectivity index (χ1n) is 12.1. The van der Waals surface area contributed by atoms with Crippen molar-refractivity contribution < 1.29 is 0 Å². The molecule has 1 unspecified atom stereocenters. The molecule has 0 aliphatic rings. The Morgan fingerprint density at radius 1 is 1.09 bits per heavy atom. The molecule has 0 fully saturated rings. The van der Waals surface area contributed by atoms with Gasteiger partial charge in [-0.3, -0.25) is 9.69 Å². The summed E-state index contributed by atoms with van der Waals surface area (Å²) in [6, 6.07) is 15.8. The number of rotatable bonds is 8. The lowest BCUT2D eigenvalue weighted by Crippen LogP contribution is -2.35. The van der Waals surface area contributed by atoms with Crippen molar-refractivity contribution in [3.63, 3.8) is 0 Å². The van der Waals surface area contributed by atoms with Crippen molar-refractivity contribution in [1.29, 1.82) is 0 Å². The molecule has 184 valence electrons. The normalized spacial score (nSPS) is 13.0. The number of hydrogen-bond donors (Lipinski definition) is 1. The van der Waals surface area contributed by atoms with Gasteiger partial charge in [-0.25, -0.2) is 4.68 Å². The third kappa shape index (κ3) is 5.46. The molecule has 0 saturated carbocycles. The van der Waals surface area contributed by atoms with Gasteiger partial charge >= 0.3 is 0 Å². The molecule has 0 bridgehead atoms. The summed E-state index contributed by atoms with van der Waals surface area (Å²) in [7, 11) is 0. The molecule has 0 radical (unpaired) electrons. The molecule has 7 nitrogen and oxygen atoms in total. The number of pyridine rings is 1. The van der Waals surface area contributed by atoms with Crippen molar-refractivity contribution in [3.8, 4) is 0 Å². The van der Waals surface area contributed by atoms with Crippen LogP contribution in [0.4, 0.5) is 0 Å². The summed E-state index contributed by atoms with van der Waals surface area (Å²) in [6.45, 7) is 11.4. The Morgan fingerprint density at radius 2 is 1.83 bits per heavy atom. The first-order valence-corrected chi connectivity index (χ1v) is 12.4. The molecule has 1 atom stereocenters. The molecule has 35 heavy (non-hydrogen) atoms. The maximum atomic E-state index is 13.2. The second kappa shape index (κ2) is 10.3. The van der Waals surface area contributed by atoms with Gasteiger partial charge in [-0.15, -0.1) is 5.10 Å². The van der Waals surface area contributed by atoms with Gasteiger partial charge in [0.05, 0.1) is 17.1 Å². The van der Waals surface area contributed by atoms with Crippen LogP contribution in [0.2, 0.25) is 5.02 Å². The van der Waals surface area contributed by atoms with Gasteiger partial charge < -0.3 is 4.98 Å². The van der Waals surface area contributed by atoms with Gasteiger partial charge in [0.2, 0.25) is 0 Å². The standard InChI is InChI=1S/C27H33ClN6O/c1-6-10-23(25-30-31-32-34(25)27(3,4)5)33(16-20-12-7-8-14-22(20)28)17-21-15-19-13-9-11-18(2)24(19)29-26(21)35/h7-9,11-15,23H,6,10,16-17H2,1-5H3,(H,29,35). The van der Waals surface area contributed by atoms with E-state index in [2.05, 4.69) is 53.1 Å². The van der Waals surface area contributed by atoms with E-state index in [1.54, 1.807) is 0 Å². The van der Waals surface area contributed by atoms with E-state index in [0.29, 0.717) is 23.7 Å². The maximum absolute atomic E-state index is 13.2. The zero-order valence-corrected chi connectivity index (χ0v) is 21.8. The van der Waals surface area contributed by atoms with Crippen LogP contribution < -0.4 is 5.56 Å². The number of aromatic amines is 1. The van der Waals surface area contributed by atoms with Crippen LogP contribution in [-0.2, 0) is 18.6 Å². The second-order valence-corrected chi connectivity index (χ2v) is 10.5. The molecule has 0 amide bonds. The summed E-state index contributed by atoms with van der Waals surface area (Å²) in [4.78, 5) is 18.5. The number of para-hydroxylation sites is 1. The highest BCUT2D eigenvalue weighted by Gasteiger charge is 2.30. The molecule has 0 saturated heterocycles. The average Bonchev–Trinajstić information content (AvgIpc) is 3.30. The van der Waals surface area contributed by atoms with Gasteiger partial charge in [0.1, 0.15) is 0 Å². The number of aromatic nitrogens is 5. The SMILES string of the molecule is CCCC(c1nnnn1C(C)(C)C)N(Cc1ccccc1Cl)Cc1cc2cccc(C)c2[nH]c1=O. The molecule has 0 spiro atoms. The number of nitrogens with one attached hydrogen (secondary N) is 1. The van der Waals surface area contributed by atoms with E-state index in [9.17, 15) is 4.79 Å². The van der Waals surface area contributed by atoms with Crippen molar-refractivity contribution >= 4 is 22.5 Å². The highest BCUT2D eigenvalue weighted by Crippen LogP contribution is 2.31. The third-order valence-corrected chi connectivity index (χ3v) is 6.67. The first-order chi connectivity index (χ1) is 16.7. The Balaban J connectivity index is 1.81. The Labute approximate surface area is 211 Å². The molecule has 8 heteroatoms. The number of benzene rings is 2. The van der Waals surface area contributed by atoms with Crippen molar-refractivity contribution in [2.24, 2.45) is 0 Å². The third-order valence-electron chi connectivity index (χ3n) is 6.30. The van der Waals surface area contributed by atoms with Crippen molar-refractivity contribution in [3.05, 3.63) is 86.4 Å². The zero-order valence-electron chi connectivity index (χ0n) is 21.0. The lowest BCUT2D eigenvalue weighted by molar-refractivity contribution is 0.148. The van der Waals surface area contributed by atoms with Crippen LogP contribution in [-0.4, -0.2) is 30.1 Å². The summed E-state index contributed by atoms with van der Waals surface area (Å²) in [5, 5.41) is 14.5. The van der Waals surface area contributed by atoms with Crippen LogP contribution in [0.15, 0.2) is 53.3 Å². The van der Waals surface area contributed by atoms with Crippen LogP contribution in [0.25, 0.3) is 10.9 Å². The predicted octanol–water partition coefficient (Wildman–Crippen LogP) is 5.78. The summed E-state index contributed by atoms with van der Waals surface area (Å²) in [5.74, 6) is 0.791. The van der Waals surface area contributed by atoms with Crippen LogP contribution in [0.3, 0.4) is 0 Å². The topological polar surface area (TPSA) is 79.7 Å². The fourth-order valence-corrected chi connectivity index (χ4v) is 4.71. The van der Waals surface area contributed by atoms with Crippen LogP contribution in [0.5, 0.6) is 0 Å². The van der Waals surface area contributed by atoms with Gasteiger partial charge in [-0.1, -0.05) is 61.3 Å². The Bertz CT molecular complexity index is 1370. The van der Waals surface area contributed by atoms with E-state index in [1.807, 2.05) is 60.1 Å². The predicted molar refractivity (Wildman–Crippen MR) is 140 cm³/mol. The number of fused-ring (bicyclic) bond motifs is 1. The first kappa shape index (κ1) is 25.1. The summed E-state index contributed by atoms with van der Waals surface area (Å²) >= 11 is 6.57. The molecular weight excluding hydrogens is 460 g/mol. The van der Waals surface area contributed by atoms with E-state index in [-0.39, 0.29) is 17.1 Å². The minimum Gasteiger partial charge on any atom is -0.321 e. The molecule has 1 N–H and O–H groups in total. The molecule has 4 aromatic rings. The van der Waals surface area contributed by atoms with Gasteiger partial charge in [-0.2, -0.15) is 0 Å². The number of hydrogen-bond acceptors (Lipinski definition) is 5. The number of halogens is 1. The minimum atomic E-state index is -0.279. The molecule has 4 rings (SSSR count). The van der Waals surface area contributed by atoms with Gasteiger partial charge in [0, 0.05) is 23.7 Å². The second-order valence-electron chi connectivity index (χ2n) is 10.1. The zero-order chi connectivity index (χ0) is 25.2. The lowest BCUT2D eigenvalue weighted by atomic mass is 10.0. The molecule has 0 aliphatic carbocycles. The number of H-pyrrole nitrogens is 1. The molecule has 2 aromatic heterocycles. The number of tetrazole rings is 1. The minimum absolute atomic E-state index is 0.0818. The van der Waals surface area contributed by atoms with Crippen molar-refractivity contribution in [1.82, 2.24) is 30.1 Å². The van der Waals surface area contributed by atoms with Crippen LogP contribution >= 0.6 is 11.6 Å². The van der Waals surface area contributed by atoms with Gasteiger partial charge in [0.25, 0.3) is 5.56 Å². The fraction of sp³-hybridized carbons (Fsp3) is 0.407. The van der Waals surface area contributed by atoms with Gasteiger partial charge in [-0.05, 0) is 73.2 Å². The smallest absolute Gasteiger partial charge is 0.252 e. The van der Waals surface area contributed by atoms with E-state index < -0.39 is 0 Å². The summed E-state index contributed by atoms with van der Waals surface area (Å²) < 4.78 is 1.89. The highest BCUT2D eigenvalue weighted by molar-refractivity contribution is 6.31.